The Kier molecular flexibility index (Phi) is 4.29. The van der Waals surface area contributed by atoms with Gasteiger partial charge in [0, 0.05) is 12.8 Å². The third kappa shape index (κ3) is 3.65. The van der Waals surface area contributed by atoms with Crippen molar-refractivity contribution in [2.24, 2.45) is 0 Å². The molecule has 0 bridgehead atoms. The van der Waals surface area contributed by atoms with Gasteiger partial charge in [0.15, 0.2) is 6.29 Å². The topological polar surface area (TPSA) is 31.4 Å². The van der Waals surface area contributed by atoms with Crippen LogP contribution in [0.3, 0.4) is 0 Å². The number of hydrogen-bond acceptors (Lipinski definition) is 3. The SMILES string of the molecule is C=C(C)c1ccc(COC2CCCCO2)nc1. The number of pyridine rings is 1. The van der Waals surface area contributed by atoms with E-state index in [0.717, 1.165) is 36.3 Å². The van der Waals surface area contributed by atoms with Gasteiger partial charge in [-0.2, -0.15) is 0 Å². The van der Waals surface area contributed by atoms with Crippen LogP contribution in [0.15, 0.2) is 24.9 Å². The fraction of sp³-hybridized carbons (Fsp3) is 0.500. The molecular formula is C14H19NO2. The lowest BCUT2D eigenvalue weighted by atomic mass is 10.1. The normalized spacial score (nSPS) is 20.2. The number of hydrogen-bond donors (Lipinski definition) is 0. The van der Waals surface area contributed by atoms with Gasteiger partial charge in [0.2, 0.25) is 0 Å². The number of ether oxygens (including phenoxy) is 2. The average molecular weight is 233 g/mol. The Hall–Kier alpha value is -1.19. The monoisotopic (exact) mass is 233 g/mol. The Morgan fingerprint density at radius 3 is 3.00 bits per heavy atom. The van der Waals surface area contributed by atoms with Crippen LogP contribution in [-0.2, 0) is 16.1 Å². The van der Waals surface area contributed by atoms with Crippen molar-refractivity contribution in [2.75, 3.05) is 6.61 Å². The minimum atomic E-state index is -0.0497. The summed E-state index contributed by atoms with van der Waals surface area (Å²) in [6.07, 6.45) is 5.11. The molecule has 1 fully saturated rings. The van der Waals surface area contributed by atoms with E-state index in [2.05, 4.69) is 11.6 Å². The molecule has 3 heteroatoms. The summed E-state index contributed by atoms with van der Waals surface area (Å²) in [5.41, 5.74) is 3.03. The highest BCUT2D eigenvalue weighted by atomic mass is 16.7. The van der Waals surface area contributed by atoms with Gasteiger partial charge in [-0.1, -0.05) is 12.6 Å². The number of allylic oxidation sites excluding steroid dienone is 1. The first-order valence-electron chi connectivity index (χ1n) is 6.10. The molecule has 1 aromatic rings. The summed E-state index contributed by atoms with van der Waals surface area (Å²) >= 11 is 0. The fourth-order valence-electron chi connectivity index (χ4n) is 1.78. The van der Waals surface area contributed by atoms with Crippen molar-refractivity contribution in [3.05, 3.63) is 36.2 Å². The fourth-order valence-corrected chi connectivity index (χ4v) is 1.78. The molecule has 1 aliphatic rings. The highest BCUT2D eigenvalue weighted by Crippen LogP contribution is 2.16. The van der Waals surface area contributed by atoms with Crippen LogP contribution in [0, 0.1) is 0 Å². The Bertz CT molecular complexity index is 366. The standard InChI is InChI=1S/C14H19NO2/c1-11(2)12-6-7-13(15-9-12)10-17-14-5-3-4-8-16-14/h6-7,9,14H,1,3-5,8,10H2,2H3. The zero-order valence-electron chi connectivity index (χ0n) is 10.3. The molecule has 1 atom stereocenters. The summed E-state index contributed by atoms with van der Waals surface area (Å²) in [6, 6.07) is 4.00. The van der Waals surface area contributed by atoms with E-state index in [4.69, 9.17) is 9.47 Å². The summed E-state index contributed by atoms with van der Waals surface area (Å²) in [6.45, 7) is 7.19. The van der Waals surface area contributed by atoms with E-state index >= 15 is 0 Å². The van der Waals surface area contributed by atoms with Crippen LogP contribution in [-0.4, -0.2) is 17.9 Å². The largest absolute Gasteiger partial charge is 0.353 e. The molecule has 2 heterocycles. The van der Waals surface area contributed by atoms with Crippen molar-refractivity contribution in [3.63, 3.8) is 0 Å². The summed E-state index contributed by atoms with van der Waals surface area (Å²) in [4.78, 5) is 4.34. The lowest BCUT2D eigenvalue weighted by Crippen LogP contribution is -2.22. The van der Waals surface area contributed by atoms with E-state index in [1.807, 2.05) is 25.3 Å². The van der Waals surface area contributed by atoms with Crippen molar-refractivity contribution < 1.29 is 9.47 Å². The van der Waals surface area contributed by atoms with Crippen LogP contribution in [0.25, 0.3) is 5.57 Å². The molecule has 0 N–H and O–H groups in total. The lowest BCUT2D eigenvalue weighted by molar-refractivity contribution is -0.169. The average Bonchev–Trinajstić information content (AvgIpc) is 2.38. The molecule has 0 aliphatic carbocycles. The molecule has 1 saturated heterocycles. The Labute approximate surface area is 102 Å². The third-order valence-corrected chi connectivity index (χ3v) is 2.87. The molecule has 1 unspecified atom stereocenters. The van der Waals surface area contributed by atoms with E-state index < -0.39 is 0 Å². The second kappa shape index (κ2) is 5.94. The van der Waals surface area contributed by atoms with Gasteiger partial charge < -0.3 is 9.47 Å². The molecular weight excluding hydrogens is 214 g/mol. The molecule has 0 saturated carbocycles. The van der Waals surface area contributed by atoms with Crippen LogP contribution < -0.4 is 0 Å². The van der Waals surface area contributed by atoms with Gasteiger partial charge >= 0.3 is 0 Å². The van der Waals surface area contributed by atoms with Gasteiger partial charge in [0.25, 0.3) is 0 Å². The van der Waals surface area contributed by atoms with E-state index in [1.165, 1.54) is 6.42 Å². The number of rotatable bonds is 4. The minimum absolute atomic E-state index is 0.0497. The zero-order chi connectivity index (χ0) is 12.1. The molecule has 0 spiro atoms. The molecule has 2 rings (SSSR count). The summed E-state index contributed by atoms with van der Waals surface area (Å²) in [7, 11) is 0. The highest BCUT2D eigenvalue weighted by molar-refractivity contribution is 5.60. The van der Waals surface area contributed by atoms with Crippen LogP contribution in [0.5, 0.6) is 0 Å². The Morgan fingerprint density at radius 2 is 2.41 bits per heavy atom. The Balaban J connectivity index is 1.84. The van der Waals surface area contributed by atoms with Gasteiger partial charge in [-0.3, -0.25) is 4.98 Å². The molecule has 0 radical (unpaired) electrons. The van der Waals surface area contributed by atoms with Crippen molar-refractivity contribution in [1.29, 1.82) is 0 Å². The molecule has 92 valence electrons. The smallest absolute Gasteiger partial charge is 0.158 e. The third-order valence-electron chi connectivity index (χ3n) is 2.87. The van der Waals surface area contributed by atoms with Gasteiger partial charge in [0.05, 0.1) is 12.3 Å². The van der Waals surface area contributed by atoms with E-state index in [9.17, 15) is 0 Å². The number of aromatic nitrogens is 1. The summed E-state index contributed by atoms with van der Waals surface area (Å²) in [5.74, 6) is 0. The van der Waals surface area contributed by atoms with Gasteiger partial charge in [-0.25, -0.2) is 0 Å². The quantitative estimate of drug-likeness (QED) is 0.800. The van der Waals surface area contributed by atoms with Gasteiger partial charge in [-0.15, -0.1) is 0 Å². The van der Waals surface area contributed by atoms with Gasteiger partial charge in [-0.05, 0) is 43.4 Å². The molecule has 0 amide bonds. The van der Waals surface area contributed by atoms with E-state index in [-0.39, 0.29) is 6.29 Å². The first kappa shape index (κ1) is 12.3. The summed E-state index contributed by atoms with van der Waals surface area (Å²) < 4.78 is 11.2. The van der Waals surface area contributed by atoms with Crippen LogP contribution >= 0.6 is 0 Å². The Morgan fingerprint density at radius 1 is 1.53 bits per heavy atom. The maximum Gasteiger partial charge on any atom is 0.158 e. The molecule has 1 aliphatic heterocycles. The van der Waals surface area contributed by atoms with Crippen molar-refractivity contribution in [1.82, 2.24) is 4.98 Å². The second-order valence-electron chi connectivity index (χ2n) is 4.43. The predicted octanol–water partition coefficient (Wildman–Crippen LogP) is 3.16. The maximum atomic E-state index is 5.66. The zero-order valence-corrected chi connectivity index (χ0v) is 10.3. The van der Waals surface area contributed by atoms with Crippen molar-refractivity contribution in [3.8, 4) is 0 Å². The van der Waals surface area contributed by atoms with Crippen molar-refractivity contribution in [2.45, 2.75) is 39.1 Å². The van der Waals surface area contributed by atoms with Crippen LogP contribution in [0.1, 0.15) is 37.4 Å². The predicted molar refractivity (Wildman–Crippen MR) is 67.3 cm³/mol. The first-order chi connectivity index (χ1) is 8.25. The molecule has 17 heavy (non-hydrogen) atoms. The van der Waals surface area contributed by atoms with Crippen LogP contribution in [0.4, 0.5) is 0 Å². The molecule has 3 nitrogen and oxygen atoms in total. The number of nitrogens with zero attached hydrogens (tertiary/aromatic N) is 1. The molecule has 0 aromatic carbocycles. The first-order valence-corrected chi connectivity index (χ1v) is 6.10. The van der Waals surface area contributed by atoms with E-state index in [1.54, 1.807) is 0 Å². The van der Waals surface area contributed by atoms with Gasteiger partial charge in [0.1, 0.15) is 0 Å². The highest BCUT2D eigenvalue weighted by Gasteiger charge is 2.14. The van der Waals surface area contributed by atoms with E-state index in [0.29, 0.717) is 6.61 Å². The van der Waals surface area contributed by atoms with Crippen molar-refractivity contribution >= 4 is 5.57 Å². The lowest BCUT2D eigenvalue weighted by Gasteiger charge is -2.22. The second-order valence-corrected chi connectivity index (χ2v) is 4.43. The maximum absolute atomic E-state index is 5.66. The summed E-state index contributed by atoms with van der Waals surface area (Å²) in [5, 5.41) is 0. The minimum Gasteiger partial charge on any atom is -0.353 e. The molecule has 1 aromatic heterocycles. The van der Waals surface area contributed by atoms with Crippen LogP contribution in [0.2, 0.25) is 0 Å².